The lowest BCUT2D eigenvalue weighted by Crippen LogP contribution is -2.45. The fourth-order valence-electron chi connectivity index (χ4n) is 2.41. The third kappa shape index (κ3) is 3.08. The number of benzene rings is 1. The van der Waals surface area contributed by atoms with Gasteiger partial charge in [-0.1, -0.05) is 30.5 Å². The summed E-state index contributed by atoms with van der Waals surface area (Å²) >= 11 is 5.77. The number of rotatable bonds is 3. The van der Waals surface area contributed by atoms with E-state index in [4.69, 9.17) is 11.6 Å². The quantitative estimate of drug-likeness (QED) is 0.661. The molecule has 0 heterocycles. The van der Waals surface area contributed by atoms with Crippen molar-refractivity contribution in [2.45, 2.75) is 37.8 Å². The van der Waals surface area contributed by atoms with Crippen molar-refractivity contribution in [2.24, 2.45) is 0 Å². The lowest BCUT2D eigenvalue weighted by Gasteiger charge is -2.28. The molecule has 108 valence electrons. The van der Waals surface area contributed by atoms with Gasteiger partial charge in [0.25, 0.3) is 5.91 Å². The van der Waals surface area contributed by atoms with Crippen LogP contribution in [0.1, 0.15) is 36.0 Å². The molecule has 0 bridgehead atoms. The largest absolute Gasteiger partial charge is 0.391 e. The molecule has 1 saturated carbocycles. The minimum Gasteiger partial charge on any atom is -0.391 e. The van der Waals surface area contributed by atoms with Crippen LogP contribution in [0.3, 0.4) is 0 Å². The molecule has 2 rings (SSSR count). The van der Waals surface area contributed by atoms with Gasteiger partial charge in [-0.25, -0.2) is 0 Å². The summed E-state index contributed by atoms with van der Waals surface area (Å²) in [5.74, 6) is -0.579. The molecule has 0 spiro atoms. The van der Waals surface area contributed by atoms with Gasteiger partial charge in [-0.2, -0.15) is 0 Å². The molecule has 0 saturated heterocycles. The number of para-hydroxylation sites is 1. The van der Waals surface area contributed by atoms with Gasteiger partial charge in [-0.15, -0.1) is 0 Å². The van der Waals surface area contributed by atoms with Crippen LogP contribution in [0.5, 0.6) is 0 Å². The van der Waals surface area contributed by atoms with Crippen LogP contribution in [0.4, 0.5) is 5.69 Å². The van der Waals surface area contributed by atoms with Crippen LogP contribution in [-0.2, 0) is 0 Å². The summed E-state index contributed by atoms with van der Waals surface area (Å²) < 4.78 is 0. The molecule has 1 aromatic carbocycles. The molecule has 2 atom stereocenters. The highest BCUT2D eigenvalue weighted by Crippen LogP contribution is 2.28. The van der Waals surface area contributed by atoms with E-state index in [0.717, 1.165) is 12.8 Å². The van der Waals surface area contributed by atoms with Gasteiger partial charge < -0.3 is 10.4 Å². The normalized spacial score (nSPS) is 22.3. The molecule has 0 aromatic heterocycles. The van der Waals surface area contributed by atoms with E-state index >= 15 is 0 Å². The molecule has 0 radical (unpaired) electrons. The first kappa shape index (κ1) is 14.7. The highest BCUT2D eigenvalue weighted by molar-refractivity contribution is 6.33. The van der Waals surface area contributed by atoms with Crippen molar-refractivity contribution in [3.8, 4) is 0 Å². The van der Waals surface area contributed by atoms with Gasteiger partial charge in [0, 0.05) is 0 Å². The van der Waals surface area contributed by atoms with E-state index in [9.17, 15) is 20.0 Å². The van der Waals surface area contributed by atoms with Gasteiger partial charge in [0.1, 0.15) is 10.6 Å². The molecular weight excluding hydrogens is 284 g/mol. The molecule has 1 aliphatic carbocycles. The summed E-state index contributed by atoms with van der Waals surface area (Å²) in [7, 11) is 0. The number of aliphatic hydroxyl groups is 1. The minimum absolute atomic E-state index is 0.0770. The molecule has 2 N–H and O–H groups in total. The highest BCUT2D eigenvalue weighted by atomic mass is 35.5. The first-order valence-electron chi connectivity index (χ1n) is 6.42. The third-order valence-electron chi connectivity index (χ3n) is 3.46. The smallest absolute Gasteiger partial charge is 0.300 e. The Bertz CT molecular complexity index is 535. The second-order valence-electron chi connectivity index (χ2n) is 4.82. The molecule has 7 heteroatoms. The zero-order valence-electron chi connectivity index (χ0n) is 10.7. The van der Waals surface area contributed by atoms with Crippen molar-refractivity contribution >= 4 is 23.2 Å². The monoisotopic (exact) mass is 298 g/mol. The molecule has 1 aliphatic rings. The molecular formula is C13H15ClN2O4. The van der Waals surface area contributed by atoms with E-state index in [1.165, 1.54) is 18.2 Å². The van der Waals surface area contributed by atoms with E-state index in [-0.39, 0.29) is 16.6 Å². The van der Waals surface area contributed by atoms with Gasteiger partial charge in [0.15, 0.2) is 0 Å². The van der Waals surface area contributed by atoms with Crippen LogP contribution in [-0.4, -0.2) is 28.1 Å². The number of nitro groups is 1. The average molecular weight is 299 g/mol. The summed E-state index contributed by atoms with van der Waals surface area (Å²) in [5, 5.41) is 23.4. The van der Waals surface area contributed by atoms with Crippen LogP contribution >= 0.6 is 11.6 Å². The van der Waals surface area contributed by atoms with Crippen LogP contribution < -0.4 is 5.32 Å². The Kier molecular flexibility index (Phi) is 4.57. The Balaban J connectivity index is 2.21. The molecule has 0 aliphatic heterocycles. The van der Waals surface area contributed by atoms with Gasteiger partial charge in [0.2, 0.25) is 0 Å². The van der Waals surface area contributed by atoms with E-state index in [0.29, 0.717) is 12.8 Å². The van der Waals surface area contributed by atoms with E-state index in [1.807, 2.05) is 0 Å². The average Bonchev–Trinajstić information content (AvgIpc) is 2.40. The first-order valence-corrected chi connectivity index (χ1v) is 6.80. The van der Waals surface area contributed by atoms with Crippen LogP contribution in [0.25, 0.3) is 0 Å². The Labute approximate surface area is 120 Å². The third-order valence-corrected chi connectivity index (χ3v) is 3.76. The van der Waals surface area contributed by atoms with Crippen molar-refractivity contribution in [1.29, 1.82) is 0 Å². The van der Waals surface area contributed by atoms with Crippen molar-refractivity contribution in [2.75, 3.05) is 0 Å². The molecule has 1 aromatic rings. The van der Waals surface area contributed by atoms with E-state index in [2.05, 4.69) is 5.32 Å². The molecule has 1 amide bonds. The number of amides is 1. The number of hydrogen-bond acceptors (Lipinski definition) is 4. The van der Waals surface area contributed by atoms with Crippen molar-refractivity contribution in [3.05, 3.63) is 38.9 Å². The predicted octanol–water partition coefficient (Wildman–Crippen LogP) is 2.28. The van der Waals surface area contributed by atoms with Crippen molar-refractivity contribution < 1.29 is 14.8 Å². The maximum absolute atomic E-state index is 12.2. The summed E-state index contributed by atoms with van der Waals surface area (Å²) in [6.07, 6.45) is 2.53. The lowest BCUT2D eigenvalue weighted by molar-refractivity contribution is -0.385. The van der Waals surface area contributed by atoms with Gasteiger partial charge in [-0.05, 0) is 25.0 Å². The Hall–Kier alpha value is -1.66. The van der Waals surface area contributed by atoms with Crippen LogP contribution in [0.2, 0.25) is 5.02 Å². The zero-order valence-corrected chi connectivity index (χ0v) is 11.5. The molecule has 20 heavy (non-hydrogen) atoms. The summed E-state index contributed by atoms with van der Waals surface area (Å²) in [6, 6.07) is 3.84. The maximum Gasteiger partial charge on any atom is 0.300 e. The summed E-state index contributed by atoms with van der Waals surface area (Å²) in [5.41, 5.74) is -0.489. The number of nitro benzene ring substituents is 1. The Morgan fingerprint density at radius 2 is 2.10 bits per heavy atom. The number of nitrogens with one attached hydrogen (secondary N) is 1. The second kappa shape index (κ2) is 6.19. The Morgan fingerprint density at radius 1 is 1.40 bits per heavy atom. The number of halogens is 1. The number of hydrogen-bond donors (Lipinski definition) is 2. The number of nitrogens with zero attached hydrogens (tertiary/aromatic N) is 1. The maximum atomic E-state index is 12.2. The number of carbonyl (C=O) groups is 1. The number of carbonyl (C=O) groups excluding carboxylic acids is 1. The van der Waals surface area contributed by atoms with Crippen molar-refractivity contribution in [3.63, 3.8) is 0 Å². The lowest BCUT2D eigenvalue weighted by atomic mass is 9.92. The fourth-order valence-corrected chi connectivity index (χ4v) is 2.65. The van der Waals surface area contributed by atoms with Gasteiger partial charge in [0.05, 0.1) is 17.1 Å². The molecule has 6 nitrogen and oxygen atoms in total. The Morgan fingerprint density at radius 3 is 2.75 bits per heavy atom. The molecule has 0 unspecified atom stereocenters. The summed E-state index contributed by atoms with van der Waals surface area (Å²) in [4.78, 5) is 22.5. The SMILES string of the molecule is O=C(N[C@H]1CCCC[C@@H]1O)c1cccc(Cl)c1[N+](=O)[O-]. The molecule has 1 fully saturated rings. The highest BCUT2D eigenvalue weighted by Gasteiger charge is 2.28. The predicted molar refractivity (Wildman–Crippen MR) is 73.8 cm³/mol. The topological polar surface area (TPSA) is 92.5 Å². The van der Waals surface area contributed by atoms with Crippen LogP contribution in [0, 0.1) is 10.1 Å². The van der Waals surface area contributed by atoms with E-state index in [1.54, 1.807) is 0 Å². The van der Waals surface area contributed by atoms with Gasteiger partial charge in [-0.3, -0.25) is 14.9 Å². The standard InChI is InChI=1S/C13H15ClN2O4/c14-9-5-3-4-8(12(9)16(19)20)13(18)15-10-6-1-2-7-11(10)17/h3-5,10-11,17H,1-2,6-7H2,(H,15,18)/t10-,11-/m0/s1. The first-order chi connectivity index (χ1) is 9.50. The van der Waals surface area contributed by atoms with E-state index < -0.39 is 22.6 Å². The zero-order chi connectivity index (χ0) is 14.7. The van der Waals surface area contributed by atoms with Gasteiger partial charge >= 0.3 is 5.69 Å². The fraction of sp³-hybridized carbons (Fsp3) is 0.462. The van der Waals surface area contributed by atoms with Crippen molar-refractivity contribution in [1.82, 2.24) is 5.32 Å². The van der Waals surface area contributed by atoms with Crippen LogP contribution in [0.15, 0.2) is 18.2 Å². The number of aliphatic hydroxyl groups excluding tert-OH is 1. The second-order valence-corrected chi connectivity index (χ2v) is 5.23. The summed E-state index contributed by atoms with van der Waals surface area (Å²) in [6.45, 7) is 0. The minimum atomic E-state index is -0.672.